The molecule has 0 aliphatic rings. The largest absolute Gasteiger partial charge is 0.496 e. The number of methoxy groups -OCH3 is 2. The zero-order valence-corrected chi connectivity index (χ0v) is 13.4. The molecule has 0 radical (unpaired) electrons. The molecule has 5 heteroatoms. The molecule has 0 aromatic heterocycles. The van der Waals surface area contributed by atoms with Gasteiger partial charge in [-0.1, -0.05) is 19.9 Å². The van der Waals surface area contributed by atoms with Gasteiger partial charge < -0.3 is 20.5 Å². The third-order valence-electron chi connectivity index (χ3n) is 4.02. The molecule has 21 heavy (non-hydrogen) atoms. The van der Waals surface area contributed by atoms with Gasteiger partial charge in [0.2, 0.25) is 5.91 Å². The molecule has 0 saturated heterocycles. The van der Waals surface area contributed by atoms with E-state index < -0.39 is 0 Å². The van der Waals surface area contributed by atoms with Crippen LogP contribution in [0.5, 0.6) is 11.5 Å². The molecule has 0 unspecified atom stereocenters. The smallest absolute Gasteiger partial charge is 0.225 e. The Morgan fingerprint density at radius 1 is 1.19 bits per heavy atom. The van der Waals surface area contributed by atoms with Crippen LogP contribution in [0.4, 0.5) is 0 Å². The van der Waals surface area contributed by atoms with Gasteiger partial charge in [-0.15, -0.1) is 0 Å². The second kappa shape index (κ2) is 7.88. The van der Waals surface area contributed by atoms with E-state index in [-0.39, 0.29) is 17.9 Å². The van der Waals surface area contributed by atoms with Crippen LogP contribution in [-0.4, -0.2) is 32.2 Å². The average molecular weight is 294 g/mol. The summed E-state index contributed by atoms with van der Waals surface area (Å²) < 4.78 is 10.6. The third-order valence-corrected chi connectivity index (χ3v) is 4.02. The van der Waals surface area contributed by atoms with Crippen molar-refractivity contribution in [3.8, 4) is 11.5 Å². The highest BCUT2D eigenvalue weighted by molar-refractivity contribution is 5.81. The van der Waals surface area contributed by atoms with Crippen molar-refractivity contribution in [2.24, 2.45) is 5.73 Å². The molecule has 5 nitrogen and oxygen atoms in total. The molecule has 0 heterocycles. The Balaban J connectivity index is 2.93. The lowest BCUT2D eigenvalue weighted by atomic mass is 9.92. The van der Waals surface area contributed by atoms with Crippen LogP contribution in [0, 0.1) is 0 Å². The van der Waals surface area contributed by atoms with Gasteiger partial charge in [0.1, 0.15) is 11.5 Å². The monoisotopic (exact) mass is 294 g/mol. The SMILES string of the molecule is CCC(CC)(CN)NC(=O)Cc1c(OC)cccc1OC. The maximum absolute atomic E-state index is 12.4. The Labute approximate surface area is 126 Å². The molecule has 1 aromatic carbocycles. The molecule has 0 bridgehead atoms. The number of ether oxygens (including phenoxy) is 2. The molecule has 0 atom stereocenters. The van der Waals surface area contributed by atoms with Gasteiger partial charge in [0.05, 0.1) is 26.2 Å². The van der Waals surface area contributed by atoms with E-state index in [0.29, 0.717) is 18.0 Å². The number of nitrogens with two attached hydrogens (primary N) is 1. The Bertz CT molecular complexity index is 440. The number of benzene rings is 1. The molecule has 1 rings (SSSR count). The normalized spacial score (nSPS) is 11.1. The molecule has 118 valence electrons. The maximum atomic E-state index is 12.4. The molecular weight excluding hydrogens is 268 g/mol. The van der Waals surface area contributed by atoms with E-state index in [2.05, 4.69) is 5.32 Å². The molecule has 0 aliphatic heterocycles. The number of carbonyl (C=O) groups is 1. The summed E-state index contributed by atoms with van der Waals surface area (Å²) in [5, 5.41) is 3.06. The lowest BCUT2D eigenvalue weighted by Gasteiger charge is -2.31. The minimum absolute atomic E-state index is 0.0769. The van der Waals surface area contributed by atoms with Crippen LogP contribution in [0.3, 0.4) is 0 Å². The van der Waals surface area contributed by atoms with Crippen LogP contribution in [0.1, 0.15) is 32.3 Å². The summed E-state index contributed by atoms with van der Waals surface area (Å²) in [4.78, 5) is 12.4. The number of carbonyl (C=O) groups excluding carboxylic acids is 1. The minimum Gasteiger partial charge on any atom is -0.496 e. The van der Waals surface area contributed by atoms with Gasteiger partial charge >= 0.3 is 0 Å². The number of hydrogen-bond acceptors (Lipinski definition) is 4. The van der Waals surface area contributed by atoms with Crippen molar-refractivity contribution in [1.29, 1.82) is 0 Å². The van der Waals surface area contributed by atoms with Gasteiger partial charge in [-0.05, 0) is 25.0 Å². The maximum Gasteiger partial charge on any atom is 0.225 e. The number of amides is 1. The van der Waals surface area contributed by atoms with E-state index in [1.807, 2.05) is 32.0 Å². The lowest BCUT2D eigenvalue weighted by Crippen LogP contribution is -2.53. The van der Waals surface area contributed by atoms with E-state index in [9.17, 15) is 4.79 Å². The van der Waals surface area contributed by atoms with Crippen molar-refractivity contribution < 1.29 is 14.3 Å². The van der Waals surface area contributed by atoms with Gasteiger partial charge in [-0.25, -0.2) is 0 Å². The summed E-state index contributed by atoms with van der Waals surface area (Å²) in [6.45, 7) is 4.48. The first-order valence-electron chi connectivity index (χ1n) is 7.26. The zero-order chi connectivity index (χ0) is 15.9. The van der Waals surface area contributed by atoms with Crippen molar-refractivity contribution in [2.45, 2.75) is 38.6 Å². The molecule has 0 aliphatic carbocycles. The van der Waals surface area contributed by atoms with Gasteiger partial charge in [-0.3, -0.25) is 4.79 Å². The van der Waals surface area contributed by atoms with Crippen molar-refractivity contribution in [3.05, 3.63) is 23.8 Å². The predicted molar refractivity (Wildman–Crippen MR) is 83.8 cm³/mol. The molecule has 0 spiro atoms. The fourth-order valence-corrected chi connectivity index (χ4v) is 2.37. The van der Waals surface area contributed by atoms with Crippen LogP contribution < -0.4 is 20.5 Å². The highest BCUT2D eigenvalue weighted by atomic mass is 16.5. The highest BCUT2D eigenvalue weighted by Gasteiger charge is 2.27. The summed E-state index contributed by atoms with van der Waals surface area (Å²) in [7, 11) is 3.16. The highest BCUT2D eigenvalue weighted by Crippen LogP contribution is 2.28. The van der Waals surface area contributed by atoms with Gasteiger partial charge in [0, 0.05) is 12.1 Å². The molecule has 1 aromatic rings. The second-order valence-electron chi connectivity index (χ2n) is 5.06. The van der Waals surface area contributed by atoms with E-state index in [0.717, 1.165) is 18.4 Å². The topological polar surface area (TPSA) is 73.6 Å². The Morgan fingerprint density at radius 2 is 1.71 bits per heavy atom. The Hall–Kier alpha value is -1.75. The molecule has 1 amide bonds. The standard InChI is InChI=1S/C16H26N2O3/c1-5-16(6-2,11-17)18-15(19)10-12-13(20-3)8-7-9-14(12)21-4/h7-9H,5-6,10-11,17H2,1-4H3,(H,18,19). The fourth-order valence-electron chi connectivity index (χ4n) is 2.37. The lowest BCUT2D eigenvalue weighted by molar-refractivity contribution is -0.122. The quantitative estimate of drug-likeness (QED) is 0.768. The van der Waals surface area contributed by atoms with E-state index in [4.69, 9.17) is 15.2 Å². The molecular formula is C16H26N2O3. The van der Waals surface area contributed by atoms with Crippen LogP contribution >= 0.6 is 0 Å². The summed E-state index contributed by atoms with van der Waals surface area (Å²) in [6, 6.07) is 5.48. The van der Waals surface area contributed by atoms with Crippen LogP contribution in [0.25, 0.3) is 0 Å². The van der Waals surface area contributed by atoms with Crippen LogP contribution in [0.15, 0.2) is 18.2 Å². The summed E-state index contributed by atoms with van der Waals surface area (Å²) in [5.74, 6) is 1.22. The van der Waals surface area contributed by atoms with Crippen molar-refractivity contribution in [3.63, 3.8) is 0 Å². The zero-order valence-electron chi connectivity index (χ0n) is 13.4. The summed E-state index contributed by atoms with van der Waals surface area (Å²) in [5.41, 5.74) is 6.23. The second-order valence-corrected chi connectivity index (χ2v) is 5.06. The molecule has 0 fully saturated rings. The van der Waals surface area contributed by atoms with Crippen molar-refractivity contribution in [2.75, 3.05) is 20.8 Å². The average Bonchev–Trinajstić information content (AvgIpc) is 2.52. The van der Waals surface area contributed by atoms with Gasteiger partial charge in [0.25, 0.3) is 0 Å². The van der Waals surface area contributed by atoms with E-state index in [1.165, 1.54) is 0 Å². The third kappa shape index (κ3) is 4.11. The first kappa shape index (κ1) is 17.3. The first-order valence-corrected chi connectivity index (χ1v) is 7.26. The fraction of sp³-hybridized carbons (Fsp3) is 0.562. The van der Waals surface area contributed by atoms with Crippen molar-refractivity contribution in [1.82, 2.24) is 5.32 Å². The molecule has 0 saturated carbocycles. The number of rotatable bonds is 8. The number of nitrogens with one attached hydrogen (secondary N) is 1. The van der Waals surface area contributed by atoms with E-state index in [1.54, 1.807) is 14.2 Å². The molecule has 3 N–H and O–H groups in total. The van der Waals surface area contributed by atoms with Crippen LogP contribution in [-0.2, 0) is 11.2 Å². The Morgan fingerprint density at radius 3 is 2.10 bits per heavy atom. The van der Waals surface area contributed by atoms with Crippen LogP contribution in [0.2, 0.25) is 0 Å². The first-order chi connectivity index (χ1) is 10.1. The minimum atomic E-state index is -0.341. The van der Waals surface area contributed by atoms with Gasteiger partial charge in [-0.2, -0.15) is 0 Å². The predicted octanol–water partition coefficient (Wildman–Crippen LogP) is 1.88. The Kier molecular flexibility index (Phi) is 6.49. The van der Waals surface area contributed by atoms with Gasteiger partial charge in [0.15, 0.2) is 0 Å². The number of hydrogen-bond donors (Lipinski definition) is 2. The van der Waals surface area contributed by atoms with E-state index >= 15 is 0 Å². The van der Waals surface area contributed by atoms with Crippen molar-refractivity contribution >= 4 is 5.91 Å². The summed E-state index contributed by atoms with van der Waals surface area (Å²) >= 11 is 0. The summed E-state index contributed by atoms with van der Waals surface area (Å²) in [6.07, 6.45) is 1.80.